The molecule has 1 aliphatic rings. The summed E-state index contributed by atoms with van der Waals surface area (Å²) in [5.74, 6) is -0.161. The number of ketones is 1. The fourth-order valence-corrected chi connectivity index (χ4v) is 5.81. The van der Waals surface area contributed by atoms with Crippen LogP contribution in [0.15, 0.2) is 103 Å². The van der Waals surface area contributed by atoms with E-state index in [1.807, 2.05) is 67.6 Å². The number of carbonyl (C=O) groups is 3. The molecule has 3 aromatic carbocycles. The Hall–Kier alpha value is -5.37. The molecule has 0 saturated carbocycles. The number of nitrogens with zero attached hydrogens (tertiary/aromatic N) is 3. The molecule has 0 spiro atoms. The first-order valence-corrected chi connectivity index (χ1v) is 15.1. The molecule has 0 saturated heterocycles. The molecule has 2 aromatic heterocycles. The van der Waals surface area contributed by atoms with Crippen molar-refractivity contribution in [2.75, 3.05) is 18.0 Å². The molecule has 2 amide bonds. The summed E-state index contributed by atoms with van der Waals surface area (Å²) in [6.45, 7) is 7.95. The van der Waals surface area contributed by atoms with Gasteiger partial charge in [-0.05, 0) is 81.8 Å². The molecule has 0 unspecified atom stereocenters. The van der Waals surface area contributed by atoms with Crippen LogP contribution in [0.5, 0.6) is 0 Å². The topological polar surface area (TPSA) is 83.4 Å². The number of para-hydroxylation sites is 2. The van der Waals surface area contributed by atoms with E-state index in [1.54, 1.807) is 24.1 Å². The maximum absolute atomic E-state index is 13.7. The Balaban J connectivity index is 1.36. The van der Waals surface area contributed by atoms with Crippen LogP contribution in [-0.4, -0.2) is 45.8 Å². The Morgan fingerprint density at radius 3 is 2.04 bits per heavy atom. The van der Waals surface area contributed by atoms with E-state index < -0.39 is 11.7 Å². The third-order valence-electron chi connectivity index (χ3n) is 7.78. The summed E-state index contributed by atoms with van der Waals surface area (Å²) in [5.41, 5.74) is 7.20. The van der Waals surface area contributed by atoms with Crippen molar-refractivity contribution in [3.05, 3.63) is 120 Å². The van der Waals surface area contributed by atoms with Crippen molar-refractivity contribution in [1.82, 2.24) is 14.6 Å². The number of amides is 2. The lowest BCUT2D eigenvalue weighted by Crippen LogP contribution is -2.38. The maximum atomic E-state index is 13.7. The highest BCUT2D eigenvalue weighted by Gasteiger charge is 2.35. The van der Waals surface area contributed by atoms with Gasteiger partial charge in [0, 0.05) is 59.6 Å². The molecule has 0 radical (unpaired) electrons. The van der Waals surface area contributed by atoms with Gasteiger partial charge in [0.05, 0.1) is 5.52 Å². The predicted molar refractivity (Wildman–Crippen MR) is 176 cm³/mol. The van der Waals surface area contributed by atoms with E-state index in [-0.39, 0.29) is 18.2 Å². The van der Waals surface area contributed by atoms with E-state index in [1.165, 1.54) is 0 Å². The van der Waals surface area contributed by atoms with E-state index in [4.69, 9.17) is 4.74 Å². The van der Waals surface area contributed by atoms with E-state index >= 15 is 0 Å². The van der Waals surface area contributed by atoms with Gasteiger partial charge in [0.2, 0.25) is 0 Å². The molecule has 8 nitrogen and oxygen atoms in total. The maximum Gasteiger partial charge on any atom is 0.407 e. The SMILES string of the molecule is CC(=O)c1ccn2c3c(c(-c4ccc(N(c5ccccc5)c5ccccc5)cc4)c2c1)CN(CCNC(=O)OC(C)(C)C)C3=O. The van der Waals surface area contributed by atoms with E-state index in [0.29, 0.717) is 24.3 Å². The van der Waals surface area contributed by atoms with Gasteiger partial charge in [-0.25, -0.2) is 4.79 Å². The predicted octanol–water partition coefficient (Wildman–Crippen LogP) is 7.76. The van der Waals surface area contributed by atoms with Crippen LogP contribution in [0.2, 0.25) is 0 Å². The normalized spacial score (nSPS) is 12.7. The summed E-state index contributed by atoms with van der Waals surface area (Å²) in [6, 6.07) is 32.3. The molecule has 228 valence electrons. The van der Waals surface area contributed by atoms with Crippen molar-refractivity contribution < 1.29 is 19.1 Å². The number of rotatable bonds is 8. The fraction of sp³-hybridized carbons (Fsp3) is 0.216. The fourth-order valence-electron chi connectivity index (χ4n) is 5.81. The first kappa shape index (κ1) is 29.7. The van der Waals surface area contributed by atoms with Gasteiger partial charge in [-0.2, -0.15) is 0 Å². The highest BCUT2D eigenvalue weighted by Crippen LogP contribution is 2.41. The second-order valence-electron chi connectivity index (χ2n) is 12.1. The van der Waals surface area contributed by atoms with Gasteiger partial charge in [0.1, 0.15) is 11.3 Å². The number of hydrogen-bond donors (Lipinski definition) is 1. The zero-order valence-corrected chi connectivity index (χ0v) is 25.9. The Labute approximate surface area is 262 Å². The van der Waals surface area contributed by atoms with Crippen molar-refractivity contribution in [2.24, 2.45) is 0 Å². The number of pyridine rings is 1. The first-order chi connectivity index (χ1) is 21.6. The van der Waals surface area contributed by atoms with Crippen LogP contribution in [0.1, 0.15) is 54.1 Å². The van der Waals surface area contributed by atoms with Crippen LogP contribution in [0.25, 0.3) is 16.6 Å². The zero-order chi connectivity index (χ0) is 31.7. The van der Waals surface area contributed by atoms with Crippen molar-refractivity contribution in [1.29, 1.82) is 0 Å². The second-order valence-corrected chi connectivity index (χ2v) is 12.1. The van der Waals surface area contributed by atoms with Crippen molar-refractivity contribution >= 4 is 40.4 Å². The van der Waals surface area contributed by atoms with Crippen LogP contribution in [0.3, 0.4) is 0 Å². The van der Waals surface area contributed by atoms with Crippen LogP contribution < -0.4 is 10.2 Å². The van der Waals surface area contributed by atoms with Gasteiger partial charge in [-0.1, -0.05) is 48.5 Å². The minimum atomic E-state index is -0.603. The minimum absolute atomic E-state index is 0.0392. The number of alkyl carbamates (subject to hydrolysis) is 1. The van der Waals surface area contributed by atoms with E-state index in [2.05, 4.69) is 58.7 Å². The van der Waals surface area contributed by atoms with Gasteiger partial charge >= 0.3 is 6.09 Å². The highest BCUT2D eigenvalue weighted by molar-refractivity contribution is 6.05. The molecule has 5 aromatic rings. The van der Waals surface area contributed by atoms with Gasteiger partial charge < -0.3 is 24.3 Å². The van der Waals surface area contributed by atoms with Gasteiger partial charge in [0.25, 0.3) is 5.91 Å². The van der Waals surface area contributed by atoms with Crippen LogP contribution in [-0.2, 0) is 11.3 Å². The molecule has 6 rings (SSSR count). The van der Waals surface area contributed by atoms with Crippen molar-refractivity contribution in [3.8, 4) is 11.1 Å². The summed E-state index contributed by atoms with van der Waals surface area (Å²) in [6.07, 6.45) is 1.29. The third-order valence-corrected chi connectivity index (χ3v) is 7.78. The Morgan fingerprint density at radius 1 is 0.867 bits per heavy atom. The number of fused-ring (bicyclic) bond motifs is 3. The molecule has 0 fully saturated rings. The quantitative estimate of drug-likeness (QED) is 0.184. The lowest BCUT2D eigenvalue weighted by Gasteiger charge is -2.25. The second kappa shape index (κ2) is 12.0. The molecule has 1 N–H and O–H groups in total. The molecule has 1 aliphatic heterocycles. The monoisotopic (exact) mass is 600 g/mol. The summed E-state index contributed by atoms with van der Waals surface area (Å²) >= 11 is 0. The van der Waals surface area contributed by atoms with E-state index in [0.717, 1.165) is 39.3 Å². The Morgan fingerprint density at radius 2 is 1.47 bits per heavy atom. The average Bonchev–Trinajstić information content (AvgIpc) is 3.50. The zero-order valence-electron chi connectivity index (χ0n) is 25.9. The molecule has 8 heteroatoms. The molecule has 0 atom stereocenters. The van der Waals surface area contributed by atoms with Crippen molar-refractivity contribution in [3.63, 3.8) is 0 Å². The lowest BCUT2D eigenvalue weighted by molar-refractivity contribution is 0.0514. The summed E-state index contributed by atoms with van der Waals surface area (Å²) in [5, 5.41) is 2.75. The van der Waals surface area contributed by atoms with Crippen molar-refractivity contribution in [2.45, 2.75) is 39.8 Å². The molecular weight excluding hydrogens is 564 g/mol. The molecular formula is C37H36N4O4. The number of nitrogens with one attached hydrogen (secondary N) is 1. The number of Topliss-reactive ketones (excluding diaryl/α,β-unsaturated/α-hetero) is 1. The summed E-state index contributed by atoms with van der Waals surface area (Å²) in [4.78, 5) is 42.2. The number of ether oxygens (including phenoxy) is 1. The molecule has 45 heavy (non-hydrogen) atoms. The van der Waals surface area contributed by atoms with Gasteiger partial charge in [-0.3, -0.25) is 9.59 Å². The number of aromatic nitrogens is 1. The molecule has 0 bridgehead atoms. The number of anilines is 3. The largest absolute Gasteiger partial charge is 0.444 e. The van der Waals surface area contributed by atoms with E-state index in [9.17, 15) is 14.4 Å². The van der Waals surface area contributed by atoms with Crippen LogP contribution in [0, 0.1) is 0 Å². The number of carbonyl (C=O) groups excluding carboxylic acids is 3. The molecule has 0 aliphatic carbocycles. The van der Waals surface area contributed by atoms with Gasteiger partial charge in [0.15, 0.2) is 5.78 Å². The lowest BCUT2D eigenvalue weighted by atomic mass is 10.00. The number of hydrogen-bond acceptors (Lipinski definition) is 5. The first-order valence-electron chi connectivity index (χ1n) is 15.1. The highest BCUT2D eigenvalue weighted by atomic mass is 16.6. The Bertz CT molecular complexity index is 1830. The summed E-state index contributed by atoms with van der Waals surface area (Å²) < 4.78 is 7.22. The smallest absolute Gasteiger partial charge is 0.407 e. The summed E-state index contributed by atoms with van der Waals surface area (Å²) in [7, 11) is 0. The van der Waals surface area contributed by atoms with Gasteiger partial charge in [-0.15, -0.1) is 0 Å². The van der Waals surface area contributed by atoms with Crippen LogP contribution >= 0.6 is 0 Å². The minimum Gasteiger partial charge on any atom is -0.444 e. The standard InChI is InChI=1S/C37H36N4O4/c1-25(42)27-19-21-40-32(23-27)33(31-24-39(35(43)34(31)40)22-20-38-36(44)45-37(2,3)4)26-15-17-30(18-16-26)41(28-11-7-5-8-12-28)29-13-9-6-10-14-29/h5-19,21,23H,20,22,24H2,1-4H3,(H,38,44). The Kier molecular flexibility index (Phi) is 7.89. The average molecular weight is 601 g/mol. The third kappa shape index (κ3) is 6.04. The van der Waals surface area contributed by atoms with Crippen LogP contribution in [0.4, 0.5) is 21.9 Å². The molecule has 3 heterocycles. The number of benzene rings is 3.